The largest absolute Gasteiger partial charge is 0.383 e. The minimum atomic E-state index is 0.321. The van der Waals surface area contributed by atoms with Gasteiger partial charge in [0.05, 0.1) is 6.61 Å². The summed E-state index contributed by atoms with van der Waals surface area (Å²) in [5.41, 5.74) is 8.07. The summed E-state index contributed by atoms with van der Waals surface area (Å²) in [5, 5.41) is 0. The monoisotopic (exact) mass is 221 g/mol. The third-order valence-electron chi connectivity index (χ3n) is 3.06. The molecule has 0 amide bonds. The zero-order chi connectivity index (χ0) is 11.7. The molecule has 4 heteroatoms. The van der Waals surface area contributed by atoms with Gasteiger partial charge in [-0.2, -0.15) is 0 Å². The highest BCUT2D eigenvalue weighted by Gasteiger charge is 2.22. The van der Waals surface area contributed by atoms with Crippen LogP contribution >= 0.6 is 0 Å². The minimum absolute atomic E-state index is 0.321. The van der Waals surface area contributed by atoms with Crippen LogP contribution in [0.5, 0.6) is 0 Å². The predicted octanol–water partition coefficient (Wildman–Crippen LogP) is 1.99. The summed E-state index contributed by atoms with van der Waals surface area (Å²) < 4.78 is 5.35. The maximum Gasteiger partial charge on any atom is 0.136 e. The topological polar surface area (TPSA) is 61.0 Å². The minimum Gasteiger partial charge on any atom is -0.383 e. The van der Waals surface area contributed by atoms with Gasteiger partial charge in [0.1, 0.15) is 11.6 Å². The van der Waals surface area contributed by atoms with E-state index in [9.17, 15) is 0 Å². The van der Waals surface area contributed by atoms with E-state index < -0.39 is 0 Å². The van der Waals surface area contributed by atoms with Crippen molar-refractivity contribution in [3.8, 4) is 0 Å². The van der Waals surface area contributed by atoms with Gasteiger partial charge in [0, 0.05) is 23.8 Å². The molecule has 2 N–H and O–H groups in total. The Morgan fingerprint density at radius 2 is 2.12 bits per heavy atom. The molecule has 0 saturated carbocycles. The van der Waals surface area contributed by atoms with Gasteiger partial charge in [0.2, 0.25) is 0 Å². The zero-order valence-corrected chi connectivity index (χ0v) is 10.2. The van der Waals surface area contributed by atoms with Crippen LogP contribution < -0.4 is 5.73 Å². The lowest BCUT2D eigenvalue weighted by atomic mass is 10.0. The summed E-state index contributed by atoms with van der Waals surface area (Å²) in [5.74, 6) is 2.16. The number of ether oxygens (including phenoxy) is 1. The molecule has 1 aliphatic heterocycles. The summed E-state index contributed by atoms with van der Waals surface area (Å²) in [7, 11) is 0. The van der Waals surface area contributed by atoms with E-state index in [-0.39, 0.29) is 0 Å². The standard InChI is InChI=1S/C12H19N3O/c1-7(2)10-8(3)14-12(15-11(10)13)9-4-5-16-6-9/h7,9H,4-6H2,1-3H3,(H2,13,14,15). The van der Waals surface area contributed by atoms with Crippen LogP contribution in [0, 0.1) is 6.92 Å². The number of aromatic nitrogens is 2. The molecule has 88 valence electrons. The average Bonchev–Trinajstić information content (AvgIpc) is 2.67. The van der Waals surface area contributed by atoms with Gasteiger partial charge in [-0.05, 0) is 19.3 Å². The first-order valence-electron chi connectivity index (χ1n) is 5.81. The molecule has 1 atom stereocenters. The molecule has 1 aliphatic rings. The number of aryl methyl sites for hydroxylation is 1. The predicted molar refractivity (Wildman–Crippen MR) is 63.4 cm³/mol. The molecule has 4 nitrogen and oxygen atoms in total. The van der Waals surface area contributed by atoms with Gasteiger partial charge in [-0.15, -0.1) is 0 Å². The van der Waals surface area contributed by atoms with Gasteiger partial charge in [0.25, 0.3) is 0 Å². The summed E-state index contributed by atoms with van der Waals surface area (Å²) in [6.45, 7) is 7.76. The Kier molecular flexibility index (Phi) is 3.10. The van der Waals surface area contributed by atoms with Gasteiger partial charge in [-0.3, -0.25) is 0 Å². The fourth-order valence-corrected chi connectivity index (χ4v) is 2.26. The van der Waals surface area contributed by atoms with Gasteiger partial charge in [-0.25, -0.2) is 9.97 Å². The van der Waals surface area contributed by atoms with Gasteiger partial charge in [0.15, 0.2) is 0 Å². The van der Waals surface area contributed by atoms with Crippen molar-refractivity contribution in [3.63, 3.8) is 0 Å². The molecule has 2 heterocycles. The number of hydrogen-bond acceptors (Lipinski definition) is 4. The van der Waals surface area contributed by atoms with E-state index in [1.54, 1.807) is 0 Å². The molecule has 0 bridgehead atoms. The molecular weight excluding hydrogens is 202 g/mol. The van der Waals surface area contributed by atoms with Crippen LogP contribution in [-0.2, 0) is 4.74 Å². The van der Waals surface area contributed by atoms with Crippen molar-refractivity contribution in [1.29, 1.82) is 0 Å². The van der Waals surface area contributed by atoms with Crippen molar-refractivity contribution in [2.75, 3.05) is 18.9 Å². The molecular formula is C12H19N3O. The summed E-state index contributed by atoms with van der Waals surface area (Å²) >= 11 is 0. The number of rotatable bonds is 2. The lowest BCUT2D eigenvalue weighted by molar-refractivity contribution is 0.193. The fraction of sp³-hybridized carbons (Fsp3) is 0.667. The summed E-state index contributed by atoms with van der Waals surface area (Å²) in [6.07, 6.45) is 1.000. The van der Waals surface area contributed by atoms with Crippen molar-refractivity contribution in [2.45, 2.75) is 39.0 Å². The fourth-order valence-electron chi connectivity index (χ4n) is 2.26. The van der Waals surface area contributed by atoms with Crippen LogP contribution in [0.25, 0.3) is 0 Å². The van der Waals surface area contributed by atoms with E-state index in [0.717, 1.165) is 36.7 Å². The second-order valence-electron chi connectivity index (χ2n) is 4.68. The van der Waals surface area contributed by atoms with Gasteiger partial charge >= 0.3 is 0 Å². The maximum atomic E-state index is 6.00. The second kappa shape index (κ2) is 4.37. The zero-order valence-electron chi connectivity index (χ0n) is 10.2. The number of nitrogens with zero attached hydrogens (tertiary/aromatic N) is 2. The van der Waals surface area contributed by atoms with Crippen molar-refractivity contribution in [1.82, 2.24) is 9.97 Å². The Morgan fingerprint density at radius 3 is 2.62 bits per heavy atom. The number of nitrogen functional groups attached to an aromatic ring is 1. The Bertz CT molecular complexity index is 361. The Morgan fingerprint density at radius 1 is 1.38 bits per heavy atom. The number of nitrogens with two attached hydrogens (primary N) is 1. The third kappa shape index (κ3) is 2.02. The number of anilines is 1. The van der Waals surface area contributed by atoms with E-state index in [1.807, 2.05) is 6.92 Å². The van der Waals surface area contributed by atoms with E-state index in [4.69, 9.17) is 10.5 Å². The van der Waals surface area contributed by atoms with E-state index >= 15 is 0 Å². The van der Waals surface area contributed by atoms with Crippen LogP contribution in [0.1, 0.15) is 49.2 Å². The van der Waals surface area contributed by atoms with Crippen molar-refractivity contribution in [3.05, 3.63) is 17.1 Å². The molecule has 16 heavy (non-hydrogen) atoms. The number of hydrogen-bond donors (Lipinski definition) is 1. The maximum absolute atomic E-state index is 6.00. The summed E-state index contributed by atoms with van der Waals surface area (Å²) in [4.78, 5) is 8.99. The van der Waals surface area contributed by atoms with Crippen molar-refractivity contribution < 1.29 is 4.74 Å². The van der Waals surface area contributed by atoms with Crippen LogP contribution in [0.2, 0.25) is 0 Å². The SMILES string of the molecule is Cc1nc(C2CCOC2)nc(N)c1C(C)C. The lowest BCUT2D eigenvalue weighted by Crippen LogP contribution is -2.12. The van der Waals surface area contributed by atoms with Crippen LogP contribution in [0.15, 0.2) is 0 Å². The Labute approximate surface area is 96.2 Å². The first-order valence-corrected chi connectivity index (χ1v) is 5.81. The van der Waals surface area contributed by atoms with Gasteiger partial charge < -0.3 is 10.5 Å². The molecule has 0 aromatic carbocycles. The molecule has 1 fully saturated rings. The molecule has 1 aromatic rings. The molecule has 0 spiro atoms. The van der Waals surface area contributed by atoms with Crippen molar-refractivity contribution in [2.24, 2.45) is 0 Å². The normalized spacial score (nSPS) is 20.6. The van der Waals surface area contributed by atoms with E-state index in [0.29, 0.717) is 17.7 Å². The first kappa shape index (κ1) is 11.3. The highest BCUT2D eigenvalue weighted by molar-refractivity contribution is 5.44. The Hall–Kier alpha value is -1.16. The summed E-state index contributed by atoms with van der Waals surface area (Å²) in [6, 6.07) is 0. The molecule has 2 rings (SSSR count). The van der Waals surface area contributed by atoms with E-state index in [2.05, 4.69) is 23.8 Å². The lowest BCUT2D eigenvalue weighted by Gasteiger charge is -2.15. The first-order chi connectivity index (χ1) is 7.59. The molecule has 1 unspecified atom stereocenters. The quantitative estimate of drug-likeness (QED) is 0.829. The molecule has 0 aliphatic carbocycles. The average molecular weight is 221 g/mol. The molecule has 1 saturated heterocycles. The smallest absolute Gasteiger partial charge is 0.136 e. The van der Waals surface area contributed by atoms with Crippen molar-refractivity contribution >= 4 is 5.82 Å². The molecule has 1 aromatic heterocycles. The van der Waals surface area contributed by atoms with Crippen LogP contribution in [0.3, 0.4) is 0 Å². The third-order valence-corrected chi connectivity index (χ3v) is 3.06. The second-order valence-corrected chi connectivity index (χ2v) is 4.68. The van der Waals surface area contributed by atoms with Crippen LogP contribution in [-0.4, -0.2) is 23.2 Å². The van der Waals surface area contributed by atoms with Gasteiger partial charge in [-0.1, -0.05) is 13.8 Å². The Balaban J connectivity index is 2.36. The van der Waals surface area contributed by atoms with Crippen LogP contribution in [0.4, 0.5) is 5.82 Å². The van der Waals surface area contributed by atoms with E-state index in [1.165, 1.54) is 0 Å². The highest BCUT2D eigenvalue weighted by atomic mass is 16.5. The highest BCUT2D eigenvalue weighted by Crippen LogP contribution is 2.27. The molecule has 0 radical (unpaired) electrons.